The normalized spacial score (nSPS) is 17.2. The highest BCUT2D eigenvalue weighted by molar-refractivity contribution is 5.83. The largest absolute Gasteiger partial charge is 0.494 e. The van der Waals surface area contributed by atoms with Gasteiger partial charge in [0.25, 0.3) is 5.82 Å². The fraction of sp³-hybridized carbons (Fsp3) is 0.630. The number of ether oxygens (including phenoxy) is 1. The van der Waals surface area contributed by atoms with Crippen molar-refractivity contribution in [2.24, 2.45) is 11.0 Å². The zero-order valence-electron chi connectivity index (χ0n) is 21.8. The number of aryl methyl sites for hydroxylation is 1. The van der Waals surface area contributed by atoms with Crippen LogP contribution in [-0.2, 0) is 17.4 Å². The summed E-state index contributed by atoms with van der Waals surface area (Å²) in [5, 5.41) is 20.0. The maximum Gasteiger partial charge on any atom is 0.453 e. The van der Waals surface area contributed by atoms with Gasteiger partial charge in [0.15, 0.2) is 5.82 Å². The first-order chi connectivity index (χ1) is 18.3. The number of likely N-dealkylation sites (tertiary alicyclic amines) is 1. The Morgan fingerprint density at radius 1 is 1.11 bits per heavy atom. The van der Waals surface area contributed by atoms with Gasteiger partial charge in [-0.2, -0.15) is 22.9 Å². The Bertz CT molecular complexity index is 1090. The number of nitrogens with zero attached hydrogens (tertiary/aromatic N) is 5. The number of rotatable bonds is 11. The SMILES string of the molecule is CC(CCCCO)C(=O)CCCOc1ccc(C2CCN(C3=Nn4c(nnc4C(F)(F)F)CC3)CC2)cc1. The van der Waals surface area contributed by atoms with Crippen molar-refractivity contribution in [2.75, 3.05) is 26.3 Å². The van der Waals surface area contributed by atoms with Crippen molar-refractivity contribution in [3.63, 3.8) is 0 Å². The second kappa shape index (κ2) is 12.7. The van der Waals surface area contributed by atoms with Crippen molar-refractivity contribution in [1.82, 2.24) is 19.8 Å². The van der Waals surface area contributed by atoms with Gasteiger partial charge < -0.3 is 14.7 Å². The molecule has 38 heavy (non-hydrogen) atoms. The van der Waals surface area contributed by atoms with Crippen LogP contribution in [0.4, 0.5) is 13.2 Å². The van der Waals surface area contributed by atoms with E-state index in [-0.39, 0.29) is 24.1 Å². The van der Waals surface area contributed by atoms with Crippen LogP contribution in [0.5, 0.6) is 5.75 Å². The Balaban J connectivity index is 1.21. The number of fused-ring (bicyclic) bond motifs is 1. The lowest BCUT2D eigenvalue weighted by atomic mass is 9.89. The summed E-state index contributed by atoms with van der Waals surface area (Å²) < 4.78 is 46.3. The molecule has 0 spiro atoms. The third-order valence-electron chi connectivity index (χ3n) is 7.39. The summed E-state index contributed by atoms with van der Waals surface area (Å²) in [5.74, 6) is 1.24. The molecule has 1 N–H and O–H groups in total. The number of aromatic nitrogens is 3. The molecular formula is C27H36F3N5O3. The predicted molar refractivity (Wildman–Crippen MR) is 136 cm³/mol. The highest BCUT2D eigenvalue weighted by Gasteiger charge is 2.40. The number of aliphatic hydroxyl groups excluding tert-OH is 1. The summed E-state index contributed by atoms with van der Waals surface area (Å²) in [5.41, 5.74) is 1.22. The number of carbonyl (C=O) groups is 1. The molecule has 1 saturated heterocycles. The van der Waals surface area contributed by atoms with Gasteiger partial charge in [0, 0.05) is 44.9 Å². The number of unbranched alkanes of at least 4 members (excludes halogenated alkanes) is 1. The van der Waals surface area contributed by atoms with E-state index < -0.39 is 12.0 Å². The molecule has 8 nitrogen and oxygen atoms in total. The second-order valence-electron chi connectivity index (χ2n) is 10.1. The summed E-state index contributed by atoms with van der Waals surface area (Å²) >= 11 is 0. The molecule has 11 heteroatoms. The number of hydrogen-bond acceptors (Lipinski definition) is 7. The summed E-state index contributed by atoms with van der Waals surface area (Å²) in [6.45, 7) is 4.06. The summed E-state index contributed by atoms with van der Waals surface area (Å²) in [4.78, 5) is 14.3. The first-order valence-electron chi connectivity index (χ1n) is 13.5. The van der Waals surface area contributed by atoms with Gasteiger partial charge in [0.2, 0.25) is 0 Å². The molecular weight excluding hydrogens is 499 g/mol. The Morgan fingerprint density at radius 3 is 2.53 bits per heavy atom. The zero-order chi connectivity index (χ0) is 27.1. The van der Waals surface area contributed by atoms with E-state index >= 15 is 0 Å². The fourth-order valence-electron chi connectivity index (χ4n) is 5.07. The molecule has 2 aliphatic rings. The Kier molecular flexibility index (Phi) is 9.40. The molecule has 0 amide bonds. The van der Waals surface area contributed by atoms with Crippen LogP contribution in [-0.4, -0.2) is 62.8 Å². The van der Waals surface area contributed by atoms with Gasteiger partial charge in [-0.05, 0) is 55.7 Å². The van der Waals surface area contributed by atoms with Crippen LogP contribution >= 0.6 is 0 Å². The Labute approximate surface area is 220 Å². The molecule has 1 aromatic carbocycles. The lowest BCUT2D eigenvalue weighted by Crippen LogP contribution is -2.40. The van der Waals surface area contributed by atoms with E-state index in [1.807, 2.05) is 19.1 Å². The molecule has 0 saturated carbocycles. The lowest BCUT2D eigenvalue weighted by Gasteiger charge is -2.35. The average molecular weight is 536 g/mol. The van der Waals surface area contributed by atoms with Gasteiger partial charge in [-0.1, -0.05) is 25.5 Å². The molecule has 0 aliphatic carbocycles. The smallest absolute Gasteiger partial charge is 0.453 e. The number of hydrogen-bond donors (Lipinski definition) is 1. The molecule has 0 bridgehead atoms. The van der Waals surface area contributed by atoms with Crippen LogP contribution in [0.25, 0.3) is 0 Å². The number of amidine groups is 1. The molecule has 208 valence electrons. The summed E-state index contributed by atoms with van der Waals surface area (Å²) in [6.07, 6.45) is 1.73. The highest BCUT2D eigenvalue weighted by Crippen LogP contribution is 2.32. The first-order valence-corrected chi connectivity index (χ1v) is 13.5. The van der Waals surface area contributed by atoms with Crippen molar-refractivity contribution >= 4 is 11.6 Å². The van der Waals surface area contributed by atoms with Gasteiger partial charge in [-0.3, -0.25) is 4.79 Å². The molecule has 1 fully saturated rings. The maximum absolute atomic E-state index is 13.2. The number of halogens is 3. The molecule has 2 aliphatic heterocycles. The lowest BCUT2D eigenvalue weighted by molar-refractivity contribution is -0.147. The molecule has 4 rings (SSSR count). The quantitative estimate of drug-likeness (QED) is 0.415. The maximum atomic E-state index is 13.2. The van der Waals surface area contributed by atoms with Gasteiger partial charge >= 0.3 is 6.18 Å². The van der Waals surface area contributed by atoms with E-state index in [1.165, 1.54) is 5.56 Å². The number of benzene rings is 1. The van der Waals surface area contributed by atoms with E-state index in [9.17, 15) is 18.0 Å². The van der Waals surface area contributed by atoms with E-state index in [4.69, 9.17) is 9.84 Å². The monoisotopic (exact) mass is 535 g/mol. The molecule has 2 aromatic rings. The van der Waals surface area contributed by atoms with Gasteiger partial charge in [-0.25, -0.2) is 0 Å². The third-order valence-corrected chi connectivity index (χ3v) is 7.39. The minimum absolute atomic E-state index is 0.0233. The minimum atomic E-state index is -4.59. The predicted octanol–water partition coefficient (Wildman–Crippen LogP) is 4.81. The van der Waals surface area contributed by atoms with E-state index in [1.54, 1.807) is 0 Å². The van der Waals surface area contributed by atoms with Gasteiger partial charge in [0.05, 0.1) is 6.61 Å². The number of carbonyl (C=O) groups excluding carboxylic acids is 1. The number of alkyl halides is 3. The number of piperidine rings is 1. The van der Waals surface area contributed by atoms with Crippen molar-refractivity contribution in [2.45, 2.75) is 76.8 Å². The highest BCUT2D eigenvalue weighted by atomic mass is 19.4. The van der Waals surface area contributed by atoms with Crippen molar-refractivity contribution in [3.8, 4) is 5.75 Å². The summed E-state index contributed by atoms with van der Waals surface area (Å²) in [6, 6.07) is 8.05. The van der Waals surface area contributed by atoms with E-state index in [2.05, 4.69) is 32.3 Å². The number of aliphatic hydroxyl groups is 1. The van der Waals surface area contributed by atoms with Crippen LogP contribution in [0.15, 0.2) is 29.4 Å². The molecule has 0 radical (unpaired) electrons. The van der Waals surface area contributed by atoms with Gasteiger partial charge in [-0.15, -0.1) is 10.2 Å². The van der Waals surface area contributed by atoms with Crippen LogP contribution in [0.2, 0.25) is 0 Å². The van der Waals surface area contributed by atoms with E-state index in [0.717, 1.165) is 55.6 Å². The van der Waals surface area contributed by atoms with Crippen LogP contribution in [0.1, 0.15) is 81.4 Å². The second-order valence-corrected chi connectivity index (χ2v) is 10.1. The Morgan fingerprint density at radius 2 is 1.84 bits per heavy atom. The Hall–Kier alpha value is -2.95. The summed E-state index contributed by atoms with van der Waals surface area (Å²) in [7, 11) is 0. The molecule has 1 atom stereocenters. The number of Topliss-reactive ketones (excluding diaryl/α,β-unsaturated/α-hetero) is 1. The standard InChI is InChI=1S/C27H36F3N5O3/c1-19(5-2-3-17-36)23(37)6-4-18-38-22-9-7-20(8-10-22)21-13-15-34(16-14-21)25-12-11-24-31-32-26(27(28,29)30)35(24)33-25/h7-10,19,21,36H,2-6,11-18H2,1H3. The van der Waals surface area contributed by atoms with Crippen LogP contribution in [0.3, 0.4) is 0 Å². The topological polar surface area (TPSA) is 92.8 Å². The average Bonchev–Trinajstić information content (AvgIpc) is 3.36. The van der Waals surface area contributed by atoms with Crippen molar-refractivity contribution < 1.29 is 27.8 Å². The molecule has 3 heterocycles. The third kappa shape index (κ3) is 7.12. The zero-order valence-corrected chi connectivity index (χ0v) is 21.8. The van der Waals surface area contributed by atoms with Crippen LogP contribution in [0, 0.1) is 5.92 Å². The first kappa shape index (κ1) is 28.1. The fourth-order valence-corrected chi connectivity index (χ4v) is 5.07. The van der Waals surface area contributed by atoms with E-state index in [0.29, 0.717) is 44.0 Å². The molecule has 1 unspecified atom stereocenters. The number of ketones is 1. The minimum Gasteiger partial charge on any atom is -0.494 e. The van der Waals surface area contributed by atoms with Crippen molar-refractivity contribution in [3.05, 3.63) is 41.5 Å². The molecule has 1 aromatic heterocycles. The van der Waals surface area contributed by atoms with Crippen LogP contribution < -0.4 is 4.74 Å². The van der Waals surface area contributed by atoms with Crippen molar-refractivity contribution in [1.29, 1.82) is 0 Å². The van der Waals surface area contributed by atoms with Gasteiger partial charge in [0.1, 0.15) is 17.4 Å².